The molecule has 0 bridgehead atoms. The smallest absolute Gasteiger partial charge is 0.230 e. The Morgan fingerprint density at radius 2 is 1.89 bits per heavy atom. The van der Waals surface area contributed by atoms with Gasteiger partial charge in [-0.15, -0.1) is 0 Å². The number of amides is 2. The van der Waals surface area contributed by atoms with E-state index >= 15 is 0 Å². The van der Waals surface area contributed by atoms with Crippen molar-refractivity contribution in [2.75, 3.05) is 18.0 Å². The van der Waals surface area contributed by atoms with E-state index in [9.17, 15) is 9.59 Å². The third-order valence-electron chi connectivity index (χ3n) is 3.41. The van der Waals surface area contributed by atoms with Crippen LogP contribution in [-0.4, -0.2) is 40.8 Å². The molecule has 2 aliphatic rings. The van der Waals surface area contributed by atoms with Crippen LogP contribution in [0, 0.1) is 0 Å². The number of carbonyl (C=O) groups is 2. The van der Waals surface area contributed by atoms with Crippen molar-refractivity contribution in [1.29, 1.82) is 0 Å². The number of imide groups is 1. The molecule has 2 amide bonds. The molecule has 2 aliphatic heterocycles. The van der Waals surface area contributed by atoms with E-state index in [0.29, 0.717) is 31.0 Å². The maximum absolute atomic E-state index is 11.6. The number of hydrogen-bond donors (Lipinski definition) is 0. The van der Waals surface area contributed by atoms with Crippen molar-refractivity contribution in [3.05, 3.63) is 23.5 Å². The molecular weight excluding hydrogens is 254 g/mol. The first-order chi connectivity index (χ1) is 8.66. The Bertz CT molecular complexity index is 498. The average Bonchev–Trinajstić information content (AvgIpc) is 2.61. The van der Waals surface area contributed by atoms with Gasteiger partial charge in [0.25, 0.3) is 0 Å². The Hall–Kier alpha value is -1.62. The Balaban J connectivity index is 1.69. The van der Waals surface area contributed by atoms with Crippen LogP contribution < -0.4 is 4.90 Å². The third-order valence-corrected chi connectivity index (χ3v) is 3.70. The maximum atomic E-state index is 11.6. The molecule has 0 radical (unpaired) electrons. The second kappa shape index (κ2) is 4.24. The van der Waals surface area contributed by atoms with Gasteiger partial charge in [0, 0.05) is 38.3 Å². The number of likely N-dealkylation sites (tertiary alicyclic amines) is 1. The number of rotatable bonds is 2. The van der Waals surface area contributed by atoms with Gasteiger partial charge in [-0.2, -0.15) is 0 Å². The summed E-state index contributed by atoms with van der Waals surface area (Å²) in [6, 6.07) is 1.84. The lowest BCUT2D eigenvalue weighted by Gasteiger charge is -2.44. The molecular formula is C12H12ClN3O2. The molecule has 0 atom stereocenters. The minimum atomic E-state index is -0.0505. The third kappa shape index (κ3) is 1.75. The van der Waals surface area contributed by atoms with Crippen LogP contribution in [0.4, 0.5) is 5.69 Å². The standard InChI is InChI=1S/C12H12ClN3O2/c13-9-5-14-4-3-10(9)15-6-8(7-15)16-11(17)1-2-12(16)18/h3-5,8H,1-2,6-7H2. The predicted octanol–water partition coefficient (Wildman–Crippen LogP) is 1.07. The molecule has 94 valence electrons. The molecule has 0 aliphatic carbocycles. The average molecular weight is 266 g/mol. The summed E-state index contributed by atoms with van der Waals surface area (Å²) < 4.78 is 0. The molecule has 3 heterocycles. The Kier molecular flexibility index (Phi) is 2.70. The molecule has 0 unspecified atom stereocenters. The number of aromatic nitrogens is 1. The summed E-state index contributed by atoms with van der Waals surface area (Å²) in [6.45, 7) is 1.31. The van der Waals surface area contributed by atoms with E-state index in [-0.39, 0.29) is 17.9 Å². The first kappa shape index (κ1) is 11.5. The number of carbonyl (C=O) groups excluding carboxylic acids is 2. The van der Waals surface area contributed by atoms with Crippen molar-refractivity contribution in [1.82, 2.24) is 9.88 Å². The quantitative estimate of drug-likeness (QED) is 0.751. The molecule has 1 aromatic heterocycles. The molecule has 0 N–H and O–H groups in total. The normalized spacial score (nSPS) is 20.5. The van der Waals surface area contributed by atoms with Crippen molar-refractivity contribution in [3.8, 4) is 0 Å². The minimum Gasteiger partial charge on any atom is -0.366 e. The minimum absolute atomic E-state index is 0.00303. The summed E-state index contributed by atoms with van der Waals surface area (Å²) in [7, 11) is 0. The summed E-state index contributed by atoms with van der Waals surface area (Å²) in [5.74, 6) is -0.101. The van der Waals surface area contributed by atoms with Crippen molar-refractivity contribution >= 4 is 29.1 Å². The van der Waals surface area contributed by atoms with E-state index in [1.54, 1.807) is 12.4 Å². The Morgan fingerprint density at radius 1 is 1.22 bits per heavy atom. The monoisotopic (exact) mass is 265 g/mol. The molecule has 2 saturated heterocycles. The highest BCUT2D eigenvalue weighted by atomic mass is 35.5. The van der Waals surface area contributed by atoms with E-state index in [1.807, 2.05) is 11.0 Å². The van der Waals surface area contributed by atoms with Crippen molar-refractivity contribution in [2.45, 2.75) is 18.9 Å². The largest absolute Gasteiger partial charge is 0.366 e. The maximum Gasteiger partial charge on any atom is 0.230 e. The lowest BCUT2D eigenvalue weighted by atomic mass is 10.1. The van der Waals surface area contributed by atoms with Crippen LogP contribution in [0.5, 0.6) is 0 Å². The van der Waals surface area contributed by atoms with Gasteiger partial charge in [0.05, 0.1) is 16.8 Å². The van der Waals surface area contributed by atoms with Gasteiger partial charge in [-0.1, -0.05) is 11.6 Å². The molecule has 0 aromatic carbocycles. The highest BCUT2D eigenvalue weighted by molar-refractivity contribution is 6.33. The topological polar surface area (TPSA) is 53.5 Å². The summed E-state index contributed by atoms with van der Waals surface area (Å²) in [5, 5.41) is 0.593. The van der Waals surface area contributed by atoms with Gasteiger partial charge in [0.15, 0.2) is 0 Å². The number of pyridine rings is 1. The first-order valence-electron chi connectivity index (χ1n) is 5.86. The van der Waals surface area contributed by atoms with Gasteiger partial charge in [-0.3, -0.25) is 19.5 Å². The zero-order valence-corrected chi connectivity index (χ0v) is 10.4. The molecule has 18 heavy (non-hydrogen) atoms. The predicted molar refractivity (Wildman–Crippen MR) is 66.3 cm³/mol. The van der Waals surface area contributed by atoms with Crippen LogP contribution in [0.15, 0.2) is 18.5 Å². The molecule has 6 heteroatoms. The van der Waals surface area contributed by atoms with Crippen molar-refractivity contribution in [2.24, 2.45) is 0 Å². The molecule has 2 fully saturated rings. The van der Waals surface area contributed by atoms with E-state index < -0.39 is 0 Å². The van der Waals surface area contributed by atoms with Crippen LogP contribution in [0.2, 0.25) is 5.02 Å². The summed E-state index contributed by atoms with van der Waals surface area (Å²) in [6.07, 6.45) is 3.98. The number of anilines is 1. The number of nitrogens with zero attached hydrogens (tertiary/aromatic N) is 3. The Morgan fingerprint density at radius 3 is 2.50 bits per heavy atom. The highest BCUT2D eigenvalue weighted by Crippen LogP contribution is 2.31. The van der Waals surface area contributed by atoms with E-state index in [4.69, 9.17) is 11.6 Å². The highest BCUT2D eigenvalue weighted by Gasteiger charge is 2.41. The first-order valence-corrected chi connectivity index (χ1v) is 6.24. The fraction of sp³-hybridized carbons (Fsp3) is 0.417. The molecule has 0 saturated carbocycles. The molecule has 1 aromatic rings. The van der Waals surface area contributed by atoms with Crippen molar-refractivity contribution < 1.29 is 9.59 Å². The lowest BCUT2D eigenvalue weighted by molar-refractivity contribution is -0.141. The van der Waals surface area contributed by atoms with Gasteiger partial charge in [0.1, 0.15) is 0 Å². The van der Waals surface area contributed by atoms with Gasteiger partial charge in [0.2, 0.25) is 11.8 Å². The summed E-state index contributed by atoms with van der Waals surface area (Å²) in [5.41, 5.74) is 0.905. The fourth-order valence-electron chi connectivity index (χ4n) is 2.44. The van der Waals surface area contributed by atoms with Crippen LogP contribution in [0.1, 0.15) is 12.8 Å². The SMILES string of the molecule is O=C1CCC(=O)N1C1CN(c2ccncc2Cl)C1. The molecule has 0 spiro atoms. The lowest BCUT2D eigenvalue weighted by Crippen LogP contribution is -2.61. The summed E-state index contributed by atoms with van der Waals surface area (Å²) in [4.78, 5) is 30.5. The van der Waals surface area contributed by atoms with E-state index in [1.165, 1.54) is 4.90 Å². The number of hydrogen-bond acceptors (Lipinski definition) is 4. The molecule has 3 rings (SSSR count). The van der Waals surface area contributed by atoms with Gasteiger partial charge in [-0.25, -0.2) is 0 Å². The Labute approximate surface area is 109 Å². The molecule has 5 nitrogen and oxygen atoms in total. The van der Waals surface area contributed by atoms with Crippen LogP contribution in [0.25, 0.3) is 0 Å². The fourth-order valence-corrected chi connectivity index (χ4v) is 2.68. The van der Waals surface area contributed by atoms with Crippen LogP contribution in [-0.2, 0) is 9.59 Å². The zero-order valence-electron chi connectivity index (χ0n) is 9.67. The second-order valence-corrected chi connectivity index (χ2v) is 4.95. The second-order valence-electron chi connectivity index (χ2n) is 4.54. The van der Waals surface area contributed by atoms with Crippen LogP contribution >= 0.6 is 11.6 Å². The van der Waals surface area contributed by atoms with Crippen LogP contribution in [0.3, 0.4) is 0 Å². The van der Waals surface area contributed by atoms with Crippen molar-refractivity contribution in [3.63, 3.8) is 0 Å². The zero-order chi connectivity index (χ0) is 12.7. The summed E-state index contributed by atoms with van der Waals surface area (Å²) >= 11 is 6.04. The van der Waals surface area contributed by atoms with Gasteiger partial charge in [-0.05, 0) is 6.07 Å². The van der Waals surface area contributed by atoms with Gasteiger partial charge >= 0.3 is 0 Å². The van der Waals surface area contributed by atoms with E-state index in [2.05, 4.69) is 4.98 Å². The van der Waals surface area contributed by atoms with E-state index in [0.717, 1.165) is 5.69 Å². The van der Waals surface area contributed by atoms with Gasteiger partial charge < -0.3 is 4.90 Å². The number of halogens is 1.